The maximum Gasteiger partial charge on any atom is 0.228 e. The van der Waals surface area contributed by atoms with Crippen molar-refractivity contribution >= 4 is 11.6 Å². The molecule has 15 heavy (non-hydrogen) atoms. The minimum atomic E-state index is -0.385. The van der Waals surface area contributed by atoms with Crippen molar-refractivity contribution in [3.05, 3.63) is 30.1 Å². The quantitative estimate of drug-likeness (QED) is 0.819. The van der Waals surface area contributed by atoms with Crippen molar-refractivity contribution < 1.29 is 9.18 Å². The van der Waals surface area contributed by atoms with Crippen LogP contribution in [0.4, 0.5) is 10.1 Å². The topological polar surface area (TPSA) is 46.3 Å². The fourth-order valence-electron chi connectivity index (χ4n) is 1.41. The zero-order valence-electron chi connectivity index (χ0n) is 8.74. The Morgan fingerprint density at radius 1 is 1.47 bits per heavy atom. The maximum absolute atomic E-state index is 13.4. The maximum atomic E-state index is 13.4. The summed E-state index contributed by atoms with van der Waals surface area (Å²) in [5, 5.41) is 0. The lowest BCUT2D eigenvalue weighted by Gasteiger charge is -2.21. The Labute approximate surface area is 88.7 Å². The lowest BCUT2D eigenvalue weighted by Crippen LogP contribution is -2.32. The van der Waals surface area contributed by atoms with Crippen LogP contribution < -0.4 is 10.6 Å². The first-order valence-corrected chi connectivity index (χ1v) is 4.95. The molecule has 0 saturated heterocycles. The number of hydrogen-bond acceptors (Lipinski definition) is 2. The van der Waals surface area contributed by atoms with Gasteiger partial charge in [0, 0.05) is 19.5 Å². The molecule has 3 nitrogen and oxygen atoms in total. The van der Waals surface area contributed by atoms with E-state index in [0.717, 1.165) is 0 Å². The third-order valence-electron chi connectivity index (χ3n) is 2.12. The van der Waals surface area contributed by atoms with E-state index < -0.39 is 0 Å². The number of hydrogen-bond donors (Lipinski definition) is 1. The van der Waals surface area contributed by atoms with E-state index in [0.29, 0.717) is 12.2 Å². The molecule has 0 atom stereocenters. The van der Waals surface area contributed by atoms with Gasteiger partial charge in [0.2, 0.25) is 5.91 Å². The van der Waals surface area contributed by atoms with Gasteiger partial charge in [-0.1, -0.05) is 12.1 Å². The molecule has 1 aromatic rings. The predicted octanol–water partition coefficient (Wildman–Crippen LogP) is 1.53. The molecule has 0 heterocycles. The largest absolute Gasteiger partial charge is 0.330 e. The van der Waals surface area contributed by atoms with Gasteiger partial charge in [0.1, 0.15) is 5.82 Å². The van der Waals surface area contributed by atoms with Crippen LogP contribution in [0.3, 0.4) is 0 Å². The van der Waals surface area contributed by atoms with Gasteiger partial charge in [-0.2, -0.15) is 0 Å². The standard InChI is InChI=1S/C11H15FN2O/c1-2-14(11(15)7-8-13)10-6-4-3-5-9(10)12/h3-6H,2,7-8,13H2,1H3. The number of benzene rings is 1. The average molecular weight is 210 g/mol. The predicted molar refractivity (Wildman–Crippen MR) is 58.1 cm³/mol. The molecule has 0 spiro atoms. The van der Waals surface area contributed by atoms with Gasteiger partial charge in [-0.25, -0.2) is 4.39 Å². The Balaban J connectivity index is 2.92. The monoisotopic (exact) mass is 210 g/mol. The molecule has 4 heteroatoms. The van der Waals surface area contributed by atoms with Crippen molar-refractivity contribution in [3.8, 4) is 0 Å². The van der Waals surface area contributed by atoms with Crippen LogP contribution in [0.5, 0.6) is 0 Å². The summed E-state index contributed by atoms with van der Waals surface area (Å²) >= 11 is 0. The van der Waals surface area contributed by atoms with Crippen LogP contribution in [0.25, 0.3) is 0 Å². The molecular weight excluding hydrogens is 195 g/mol. The summed E-state index contributed by atoms with van der Waals surface area (Å²) in [5.41, 5.74) is 5.61. The van der Waals surface area contributed by atoms with Gasteiger partial charge < -0.3 is 10.6 Å². The Kier molecular flexibility index (Phi) is 4.24. The van der Waals surface area contributed by atoms with Crippen molar-refractivity contribution in [1.29, 1.82) is 0 Å². The van der Waals surface area contributed by atoms with E-state index in [1.54, 1.807) is 25.1 Å². The van der Waals surface area contributed by atoms with Gasteiger partial charge in [0.15, 0.2) is 0 Å². The first-order chi connectivity index (χ1) is 7.20. The molecule has 0 bridgehead atoms. The van der Waals surface area contributed by atoms with Gasteiger partial charge in [0.05, 0.1) is 5.69 Å². The van der Waals surface area contributed by atoms with E-state index in [9.17, 15) is 9.18 Å². The third-order valence-corrected chi connectivity index (χ3v) is 2.12. The highest BCUT2D eigenvalue weighted by Crippen LogP contribution is 2.18. The average Bonchev–Trinajstić information content (AvgIpc) is 2.22. The van der Waals surface area contributed by atoms with Crippen molar-refractivity contribution in [1.82, 2.24) is 0 Å². The van der Waals surface area contributed by atoms with Crippen molar-refractivity contribution in [2.45, 2.75) is 13.3 Å². The lowest BCUT2D eigenvalue weighted by atomic mass is 10.2. The molecule has 0 aliphatic rings. The summed E-state index contributed by atoms with van der Waals surface area (Å²) in [7, 11) is 0. The fourth-order valence-corrected chi connectivity index (χ4v) is 1.41. The zero-order valence-corrected chi connectivity index (χ0v) is 8.74. The van der Waals surface area contributed by atoms with Crippen LogP contribution in [-0.4, -0.2) is 19.0 Å². The van der Waals surface area contributed by atoms with Gasteiger partial charge >= 0.3 is 0 Å². The second-order valence-electron chi connectivity index (χ2n) is 3.13. The molecule has 0 fully saturated rings. The molecule has 0 aromatic heterocycles. The van der Waals surface area contributed by atoms with Crippen LogP contribution in [0.15, 0.2) is 24.3 Å². The van der Waals surface area contributed by atoms with Crippen molar-refractivity contribution in [2.24, 2.45) is 5.73 Å². The van der Waals surface area contributed by atoms with Gasteiger partial charge in [-0.15, -0.1) is 0 Å². The minimum Gasteiger partial charge on any atom is -0.330 e. The van der Waals surface area contributed by atoms with Crippen LogP contribution in [0.2, 0.25) is 0 Å². The molecule has 0 saturated carbocycles. The second-order valence-corrected chi connectivity index (χ2v) is 3.13. The van der Waals surface area contributed by atoms with E-state index >= 15 is 0 Å². The van der Waals surface area contributed by atoms with Gasteiger partial charge in [-0.3, -0.25) is 4.79 Å². The molecule has 1 aromatic carbocycles. The highest BCUT2D eigenvalue weighted by atomic mass is 19.1. The third kappa shape index (κ3) is 2.76. The second kappa shape index (κ2) is 5.46. The summed E-state index contributed by atoms with van der Waals surface area (Å²) < 4.78 is 13.4. The highest BCUT2D eigenvalue weighted by molar-refractivity contribution is 5.93. The van der Waals surface area contributed by atoms with Crippen LogP contribution in [0, 0.1) is 5.82 Å². The molecule has 0 aliphatic carbocycles. The molecule has 1 amide bonds. The smallest absolute Gasteiger partial charge is 0.228 e. The van der Waals surface area contributed by atoms with Gasteiger partial charge in [0.25, 0.3) is 0 Å². The van der Waals surface area contributed by atoms with Crippen LogP contribution >= 0.6 is 0 Å². The number of para-hydroxylation sites is 1. The normalized spacial score (nSPS) is 10.1. The summed E-state index contributed by atoms with van der Waals surface area (Å²) in [6.07, 6.45) is 0.238. The number of nitrogens with two attached hydrogens (primary N) is 1. The summed E-state index contributed by atoms with van der Waals surface area (Å²) in [5.74, 6) is -0.533. The number of rotatable bonds is 4. The van der Waals surface area contributed by atoms with E-state index in [2.05, 4.69) is 0 Å². The van der Waals surface area contributed by atoms with E-state index in [4.69, 9.17) is 5.73 Å². The van der Waals surface area contributed by atoms with Crippen LogP contribution in [0.1, 0.15) is 13.3 Å². The molecule has 1 rings (SSSR count). The minimum absolute atomic E-state index is 0.148. The Bertz CT molecular complexity index is 341. The number of nitrogens with zero attached hydrogens (tertiary/aromatic N) is 1. The van der Waals surface area contributed by atoms with E-state index in [1.807, 2.05) is 0 Å². The SMILES string of the molecule is CCN(C(=O)CCN)c1ccccc1F. The molecule has 82 valence electrons. The molecule has 0 aliphatic heterocycles. The Morgan fingerprint density at radius 3 is 2.67 bits per heavy atom. The van der Waals surface area contributed by atoms with Crippen molar-refractivity contribution in [3.63, 3.8) is 0 Å². The number of carbonyl (C=O) groups is 1. The number of amides is 1. The summed E-state index contributed by atoms with van der Waals surface area (Å²) in [6.45, 7) is 2.53. The number of anilines is 1. The molecule has 2 N–H and O–H groups in total. The number of carbonyl (C=O) groups excluding carboxylic acids is 1. The molecular formula is C11H15FN2O. The molecule has 0 radical (unpaired) electrons. The first kappa shape index (κ1) is 11.7. The lowest BCUT2D eigenvalue weighted by molar-refractivity contribution is -0.118. The highest BCUT2D eigenvalue weighted by Gasteiger charge is 2.15. The summed E-state index contributed by atoms with van der Waals surface area (Å²) in [6, 6.07) is 6.23. The molecule has 0 unspecified atom stereocenters. The Hall–Kier alpha value is -1.42. The van der Waals surface area contributed by atoms with Gasteiger partial charge in [-0.05, 0) is 19.1 Å². The Morgan fingerprint density at radius 2 is 2.13 bits per heavy atom. The summed E-state index contributed by atoms with van der Waals surface area (Å²) in [4.78, 5) is 13.0. The van der Waals surface area contributed by atoms with E-state index in [1.165, 1.54) is 11.0 Å². The van der Waals surface area contributed by atoms with Crippen molar-refractivity contribution in [2.75, 3.05) is 18.0 Å². The first-order valence-electron chi connectivity index (χ1n) is 4.95. The number of halogens is 1. The fraction of sp³-hybridized carbons (Fsp3) is 0.364. The zero-order chi connectivity index (χ0) is 11.3. The van der Waals surface area contributed by atoms with E-state index in [-0.39, 0.29) is 24.7 Å². The van der Waals surface area contributed by atoms with Crippen LogP contribution in [-0.2, 0) is 4.79 Å².